The maximum Gasteiger partial charge on any atom is 0.120 e. The fraction of sp³-hybridized carbons (Fsp3) is 0.647. The molecule has 3 rings (SSSR count). The van der Waals surface area contributed by atoms with Gasteiger partial charge in [-0.25, -0.2) is 0 Å². The van der Waals surface area contributed by atoms with Crippen LogP contribution >= 0.6 is 11.6 Å². The van der Waals surface area contributed by atoms with Gasteiger partial charge in [0.2, 0.25) is 0 Å². The fourth-order valence-electron chi connectivity index (χ4n) is 3.99. The molecule has 2 unspecified atom stereocenters. The normalized spacial score (nSPS) is 28.2. The van der Waals surface area contributed by atoms with E-state index in [9.17, 15) is 0 Å². The summed E-state index contributed by atoms with van der Waals surface area (Å²) in [5.74, 6) is 0.950. The van der Waals surface area contributed by atoms with Gasteiger partial charge in [-0.2, -0.15) is 0 Å². The van der Waals surface area contributed by atoms with E-state index in [1.807, 2.05) is 13.8 Å². The average molecular weight is 294 g/mol. The molecule has 3 heteroatoms. The van der Waals surface area contributed by atoms with Crippen molar-refractivity contribution in [2.45, 2.75) is 64.5 Å². The summed E-state index contributed by atoms with van der Waals surface area (Å²) < 4.78 is 6.29. The third kappa shape index (κ3) is 2.23. The van der Waals surface area contributed by atoms with E-state index in [4.69, 9.17) is 22.1 Å². The summed E-state index contributed by atoms with van der Waals surface area (Å²) in [7, 11) is 0. The molecule has 2 atom stereocenters. The van der Waals surface area contributed by atoms with Crippen LogP contribution in [0.15, 0.2) is 12.1 Å². The fourth-order valence-corrected chi connectivity index (χ4v) is 4.09. The number of benzene rings is 1. The van der Waals surface area contributed by atoms with Crippen molar-refractivity contribution < 1.29 is 4.74 Å². The van der Waals surface area contributed by atoms with E-state index < -0.39 is 0 Å². The zero-order valence-electron chi connectivity index (χ0n) is 12.4. The predicted octanol–water partition coefficient (Wildman–Crippen LogP) is 4.39. The Bertz CT molecular complexity index is 485. The standard InChI is InChI=1S/C17H24ClNO/c1-11-8-13(9-12(2)16(11)18)20-15-10-14(19)17(15)6-4-3-5-7-17/h8-9,14-15H,3-7,10,19H2,1-2H3. The van der Waals surface area contributed by atoms with Gasteiger partial charge in [0.15, 0.2) is 0 Å². The molecule has 20 heavy (non-hydrogen) atoms. The van der Waals surface area contributed by atoms with Crippen LogP contribution in [0.25, 0.3) is 0 Å². The lowest BCUT2D eigenvalue weighted by molar-refractivity contribution is -0.0898. The number of ether oxygens (including phenoxy) is 1. The molecule has 0 aliphatic heterocycles. The first-order chi connectivity index (χ1) is 9.53. The Morgan fingerprint density at radius 1 is 1.15 bits per heavy atom. The first-order valence-corrected chi connectivity index (χ1v) is 8.10. The van der Waals surface area contributed by atoms with Crippen LogP contribution in [0.2, 0.25) is 5.02 Å². The number of rotatable bonds is 2. The van der Waals surface area contributed by atoms with Gasteiger partial charge in [0.05, 0.1) is 0 Å². The molecule has 0 radical (unpaired) electrons. The Morgan fingerprint density at radius 3 is 2.30 bits per heavy atom. The molecular weight excluding hydrogens is 270 g/mol. The topological polar surface area (TPSA) is 35.2 Å². The van der Waals surface area contributed by atoms with Crippen molar-refractivity contribution in [1.82, 2.24) is 0 Å². The molecule has 2 N–H and O–H groups in total. The van der Waals surface area contributed by atoms with Crippen LogP contribution in [0.4, 0.5) is 0 Å². The molecule has 0 amide bonds. The molecule has 110 valence electrons. The van der Waals surface area contributed by atoms with E-state index in [0.29, 0.717) is 6.04 Å². The van der Waals surface area contributed by atoms with Crippen molar-refractivity contribution in [3.63, 3.8) is 0 Å². The number of hydrogen-bond donors (Lipinski definition) is 1. The monoisotopic (exact) mass is 293 g/mol. The van der Waals surface area contributed by atoms with Crippen LogP contribution in [0.1, 0.15) is 49.7 Å². The molecule has 0 aromatic heterocycles. The first-order valence-electron chi connectivity index (χ1n) is 7.72. The lowest BCUT2D eigenvalue weighted by Crippen LogP contribution is -2.64. The second kappa shape index (κ2) is 5.23. The molecule has 2 fully saturated rings. The Kier molecular flexibility index (Phi) is 3.72. The van der Waals surface area contributed by atoms with Gasteiger partial charge in [-0.15, -0.1) is 0 Å². The SMILES string of the molecule is Cc1cc(OC2CC(N)C23CCCCC3)cc(C)c1Cl. The smallest absolute Gasteiger partial charge is 0.120 e. The van der Waals surface area contributed by atoms with Crippen molar-refractivity contribution in [1.29, 1.82) is 0 Å². The highest BCUT2D eigenvalue weighted by Gasteiger charge is 2.54. The summed E-state index contributed by atoms with van der Waals surface area (Å²) in [5.41, 5.74) is 8.72. The van der Waals surface area contributed by atoms with Crippen LogP contribution in [0, 0.1) is 19.3 Å². The quantitative estimate of drug-likeness (QED) is 0.878. The molecule has 0 heterocycles. The molecule has 2 saturated carbocycles. The Hall–Kier alpha value is -0.730. The second-order valence-electron chi connectivity index (χ2n) is 6.61. The molecule has 0 saturated heterocycles. The molecular formula is C17H24ClNO. The Morgan fingerprint density at radius 2 is 1.75 bits per heavy atom. The van der Waals surface area contributed by atoms with Crippen LogP contribution in [-0.2, 0) is 0 Å². The number of aryl methyl sites for hydroxylation is 2. The second-order valence-corrected chi connectivity index (χ2v) is 6.99. The maximum absolute atomic E-state index is 6.32. The number of hydrogen-bond acceptors (Lipinski definition) is 2. The van der Waals surface area contributed by atoms with Gasteiger partial charge < -0.3 is 10.5 Å². The summed E-state index contributed by atoms with van der Waals surface area (Å²) in [6.07, 6.45) is 7.67. The summed E-state index contributed by atoms with van der Waals surface area (Å²) >= 11 is 6.22. The van der Waals surface area contributed by atoms with Gasteiger partial charge in [-0.05, 0) is 49.9 Å². The number of halogens is 1. The summed E-state index contributed by atoms with van der Waals surface area (Å²) in [5, 5.41) is 0.843. The van der Waals surface area contributed by atoms with Gasteiger partial charge in [0, 0.05) is 22.9 Å². The lowest BCUT2D eigenvalue weighted by atomic mass is 9.55. The Labute approximate surface area is 126 Å². The molecule has 0 bridgehead atoms. The van der Waals surface area contributed by atoms with E-state index in [-0.39, 0.29) is 11.5 Å². The van der Waals surface area contributed by atoms with Crippen molar-refractivity contribution in [3.05, 3.63) is 28.3 Å². The lowest BCUT2D eigenvalue weighted by Gasteiger charge is -2.56. The van der Waals surface area contributed by atoms with E-state index in [1.165, 1.54) is 32.1 Å². The third-order valence-electron chi connectivity index (χ3n) is 5.32. The van der Waals surface area contributed by atoms with Crippen LogP contribution in [0.3, 0.4) is 0 Å². The minimum absolute atomic E-state index is 0.236. The van der Waals surface area contributed by atoms with E-state index >= 15 is 0 Å². The van der Waals surface area contributed by atoms with E-state index in [2.05, 4.69) is 12.1 Å². The minimum Gasteiger partial charge on any atom is -0.490 e. The molecule has 1 aromatic rings. The molecule has 2 aliphatic rings. The van der Waals surface area contributed by atoms with Crippen molar-refractivity contribution in [3.8, 4) is 5.75 Å². The van der Waals surface area contributed by atoms with Crippen LogP contribution in [0.5, 0.6) is 5.75 Å². The van der Waals surface area contributed by atoms with Gasteiger partial charge in [-0.3, -0.25) is 0 Å². The third-order valence-corrected chi connectivity index (χ3v) is 5.92. The summed E-state index contributed by atoms with van der Waals surface area (Å²) in [4.78, 5) is 0. The highest BCUT2D eigenvalue weighted by atomic mass is 35.5. The summed E-state index contributed by atoms with van der Waals surface area (Å²) in [6.45, 7) is 4.07. The number of nitrogens with two attached hydrogens (primary N) is 1. The molecule has 1 aromatic carbocycles. The van der Waals surface area contributed by atoms with Gasteiger partial charge in [0.1, 0.15) is 11.9 Å². The highest BCUT2D eigenvalue weighted by Crippen LogP contribution is 2.52. The molecule has 2 aliphatic carbocycles. The highest BCUT2D eigenvalue weighted by molar-refractivity contribution is 6.32. The van der Waals surface area contributed by atoms with Crippen molar-refractivity contribution >= 4 is 11.6 Å². The van der Waals surface area contributed by atoms with Crippen molar-refractivity contribution in [2.75, 3.05) is 0 Å². The largest absolute Gasteiger partial charge is 0.490 e. The van der Waals surface area contributed by atoms with E-state index in [1.54, 1.807) is 0 Å². The molecule has 1 spiro atoms. The Balaban J connectivity index is 1.78. The van der Waals surface area contributed by atoms with Crippen LogP contribution in [-0.4, -0.2) is 12.1 Å². The first kappa shape index (κ1) is 14.2. The summed E-state index contributed by atoms with van der Waals surface area (Å²) in [6, 6.07) is 4.42. The zero-order chi connectivity index (χ0) is 14.3. The van der Waals surface area contributed by atoms with Gasteiger partial charge in [0.25, 0.3) is 0 Å². The molecule has 2 nitrogen and oxygen atoms in total. The zero-order valence-corrected chi connectivity index (χ0v) is 13.2. The van der Waals surface area contributed by atoms with Crippen molar-refractivity contribution in [2.24, 2.45) is 11.1 Å². The average Bonchev–Trinajstić information content (AvgIpc) is 2.45. The minimum atomic E-state index is 0.236. The van der Waals surface area contributed by atoms with Gasteiger partial charge in [-0.1, -0.05) is 30.9 Å². The van der Waals surface area contributed by atoms with Crippen LogP contribution < -0.4 is 10.5 Å². The van der Waals surface area contributed by atoms with E-state index in [0.717, 1.165) is 28.3 Å². The van der Waals surface area contributed by atoms with Gasteiger partial charge >= 0.3 is 0 Å². The maximum atomic E-state index is 6.32. The predicted molar refractivity (Wildman–Crippen MR) is 83.5 cm³/mol.